The summed E-state index contributed by atoms with van der Waals surface area (Å²) in [6.45, 7) is 2.11. The van der Waals surface area contributed by atoms with E-state index in [-0.39, 0.29) is 5.97 Å². The largest absolute Gasteiger partial charge is 0.462 e. The van der Waals surface area contributed by atoms with Gasteiger partial charge < -0.3 is 15.4 Å². The Morgan fingerprint density at radius 3 is 2.70 bits per heavy atom. The molecule has 1 aromatic carbocycles. The van der Waals surface area contributed by atoms with Crippen molar-refractivity contribution in [3.63, 3.8) is 0 Å². The monoisotopic (exact) mass is 400 g/mol. The number of nitrogens with zero attached hydrogens (tertiary/aromatic N) is 2. The maximum Gasteiger partial charge on any atom is 0.341 e. The van der Waals surface area contributed by atoms with Crippen LogP contribution in [0.15, 0.2) is 48.7 Å². The van der Waals surface area contributed by atoms with Crippen molar-refractivity contribution in [1.82, 2.24) is 9.78 Å². The Labute approximate surface area is 167 Å². The van der Waals surface area contributed by atoms with Crippen molar-refractivity contribution in [3.8, 4) is 0 Å². The fourth-order valence-corrected chi connectivity index (χ4v) is 3.87. The van der Waals surface area contributed by atoms with Crippen LogP contribution in [0.5, 0.6) is 0 Å². The first-order valence-corrected chi connectivity index (χ1v) is 9.69. The summed E-state index contributed by atoms with van der Waals surface area (Å²) in [4.78, 5) is 13.4. The SMILES string of the molecule is CCOC(=O)c1cc(Cc2ccccc2)sc1NC(=S)Nc1ccn(C)n1. The van der Waals surface area contributed by atoms with Crippen LogP contribution in [0.4, 0.5) is 10.8 Å². The lowest BCUT2D eigenvalue weighted by atomic mass is 10.1. The predicted octanol–water partition coefficient (Wildman–Crippen LogP) is 4.06. The highest BCUT2D eigenvalue weighted by atomic mass is 32.1. The van der Waals surface area contributed by atoms with Crippen molar-refractivity contribution in [3.05, 3.63) is 64.7 Å². The number of thiocarbonyl (C=S) groups is 1. The molecule has 8 heteroatoms. The Hall–Kier alpha value is -2.71. The van der Waals surface area contributed by atoms with Gasteiger partial charge in [0.25, 0.3) is 0 Å². The molecule has 3 aromatic rings. The van der Waals surface area contributed by atoms with Crippen LogP contribution in [0.1, 0.15) is 27.7 Å². The van der Waals surface area contributed by atoms with Gasteiger partial charge in [-0.1, -0.05) is 30.3 Å². The second kappa shape index (κ2) is 8.79. The van der Waals surface area contributed by atoms with Gasteiger partial charge in [-0.15, -0.1) is 11.3 Å². The zero-order valence-electron chi connectivity index (χ0n) is 15.1. The number of benzene rings is 1. The number of carbonyl (C=O) groups excluding carboxylic acids is 1. The number of anilines is 2. The molecule has 0 fully saturated rings. The zero-order chi connectivity index (χ0) is 19.2. The first-order valence-electron chi connectivity index (χ1n) is 8.46. The van der Waals surface area contributed by atoms with Gasteiger partial charge in [-0.3, -0.25) is 4.68 Å². The summed E-state index contributed by atoms with van der Waals surface area (Å²) in [5.74, 6) is 0.268. The number of aromatic nitrogens is 2. The van der Waals surface area contributed by atoms with E-state index in [1.807, 2.05) is 43.6 Å². The number of nitrogens with one attached hydrogen (secondary N) is 2. The average Bonchev–Trinajstić information content (AvgIpc) is 3.22. The Morgan fingerprint density at radius 2 is 2.04 bits per heavy atom. The molecule has 140 valence electrons. The first kappa shape index (κ1) is 19.1. The molecule has 0 aliphatic carbocycles. The van der Waals surface area contributed by atoms with Gasteiger partial charge in [0.05, 0.1) is 12.2 Å². The van der Waals surface area contributed by atoms with E-state index in [9.17, 15) is 4.79 Å². The quantitative estimate of drug-likeness (QED) is 0.480. The Balaban J connectivity index is 1.78. The summed E-state index contributed by atoms with van der Waals surface area (Å²) in [5, 5.41) is 11.4. The molecule has 2 N–H and O–H groups in total. The normalized spacial score (nSPS) is 10.4. The molecule has 0 aliphatic rings. The smallest absolute Gasteiger partial charge is 0.341 e. The molecule has 0 atom stereocenters. The Kier molecular flexibility index (Phi) is 6.20. The molecule has 0 spiro atoms. The molecule has 2 heterocycles. The number of hydrogen-bond acceptors (Lipinski definition) is 5. The number of ether oxygens (including phenoxy) is 1. The number of carbonyl (C=O) groups is 1. The second-order valence-corrected chi connectivity index (χ2v) is 7.34. The highest BCUT2D eigenvalue weighted by Crippen LogP contribution is 2.30. The van der Waals surface area contributed by atoms with Crippen molar-refractivity contribution in [1.29, 1.82) is 0 Å². The third-order valence-corrected chi connectivity index (χ3v) is 4.94. The number of rotatable bonds is 6. The van der Waals surface area contributed by atoms with Gasteiger partial charge in [0.15, 0.2) is 10.9 Å². The number of thiophene rings is 1. The van der Waals surface area contributed by atoms with Crippen LogP contribution in [0.2, 0.25) is 0 Å². The molecule has 0 amide bonds. The molecule has 0 aliphatic heterocycles. The van der Waals surface area contributed by atoms with Crippen LogP contribution < -0.4 is 10.6 Å². The van der Waals surface area contributed by atoms with Gasteiger partial charge in [-0.05, 0) is 30.8 Å². The lowest BCUT2D eigenvalue weighted by Gasteiger charge is -2.08. The van der Waals surface area contributed by atoms with Gasteiger partial charge in [-0.25, -0.2) is 4.79 Å². The van der Waals surface area contributed by atoms with Crippen LogP contribution in [-0.4, -0.2) is 27.5 Å². The number of hydrogen-bond donors (Lipinski definition) is 2. The molecular formula is C19H20N4O2S2. The van der Waals surface area contributed by atoms with E-state index in [1.54, 1.807) is 11.6 Å². The molecule has 0 saturated carbocycles. The van der Waals surface area contributed by atoms with Gasteiger partial charge in [-0.2, -0.15) is 5.10 Å². The zero-order valence-corrected chi connectivity index (χ0v) is 16.7. The fourth-order valence-electron chi connectivity index (χ4n) is 2.51. The summed E-state index contributed by atoms with van der Waals surface area (Å²) in [7, 11) is 1.83. The minimum Gasteiger partial charge on any atom is -0.462 e. The highest BCUT2D eigenvalue weighted by molar-refractivity contribution is 7.80. The van der Waals surface area contributed by atoms with Crippen LogP contribution in [-0.2, 0) is 18.2 Å². The topological polar surface area (TPSA) is 68.2 Å². The van der Waals surface area contributed by atoms with E-state index in [0.29, 0.717) is 28.1 Å². The predicted molar refractivity (Wildman–Crippen MR) is 113 cm³/mol. The summed E-state index contributed by atoms with van der Waals surface area (Å²) in [6, 6.07) is 13.8. The lowest BCUT2D eigenvalue weighted by Crippen LogP contribution is -2.20. The lowest BCUT2D eigenvalue weighted by molar-refractivity contribution is 0.0528. The molecular weight excluding hydrogens is 380 g/mol. The van der Waals surface area contributed by atoms with Crippen molar-refractivity contribution in [2.45, 2.75) is 13.3 Å². The maximum atomic E-state index is 12.3. The second-order valence-electron chi connectivity index (χ2n) is 5.79. The van der Waals surface area contributed by atoms with E-state index in [4.69, 9.17) is 17.0 Å². The van der Waals surface area contributed by atoms with Gasteiger partial charge in [0.2, 0.25) is 0 Å². The summed E-state index contributed by atoms with van der Waals surface area (Å²) in [6.07, 6.45) is 2.55. The van der Waals surface area contributed by atoms with E-state index in [2.05, 4.69) is 27.9 Å². The number of aryl methyl sites for hydroxylation is 1. The Bertz CT molecular complexity index is 934. The maximum absolute atomic E-state index is 12.3. The van der Waals surface area contributed by atoms with E-state index >= 15 is 0 Å². The molecule has 3 rings (SSSR count). The average molecular weight is 401 g/mol. The minimum atomic E-state index is -0.365. The van der Waals surface area contributed by atoms with Gasteiger partial charge >= 0.3 is 5.97 Å². The molecule has 0 radical (unpaired) electrons. The van der Waals surface area contributed by atoms with Crippen molar-refractivity contribution in [2.75, 3.05) is 17.2 Å². The third-order valence-electron chi connectivity index (χ3n) is 3.68. The van der Waals surface area contributed by atoms with E-state index < -0.39 is 0 Å². The third kappa shape index (κ3) is 5.15. The Morgan fingerprint density at radius 1 is 1.26 bits per heavy atom. The fraction of sp³-hybridized carbons (Fsp3) is 0.211. The van der Waals surface area contributed by atoms with Crippen molar-refractivity contribution >= 4 is 45.5 Å². The standard InChI is InChI=1S/C19H20N4O2S2/c1-3-25-18(24)15-12-14(11-13-7-5-4-6-8-13)27-17(15)21-19(26)20-16-9-10-23(2)22-16/h4-10,12H,3,11H2,1-2H3,(H2,20,21,22,26). The first-order chi connectivity index (χ1) is 13.0. The van der Waals surface area contributed by atoms with E-state index in [1.165, 1.54) is 16.9 Å². The summed E-state index contributed by atoms with van der Waals surface area (Å²) in [5.41, 5.74) is 1.66. The molecule has 0 saturated heterocycles. The minimum absolute atomic E-state index is 0.318. The summed E-state index contributed by atoms with van der Waals surface area (Å²) >= 11 is 6.85. The molecule has 0 bridgehead atoms. The highest BCUT2D eigenvalue weighted by Gasteiger charge is 2.18. The van der Waals surface area contributed by atoms with Crippen LogP contribution in [0.25, 0.3) is 0 Å². The molecule has 27 heavy (non-hydrogen) atoms. The van der Waals surface area contributed by atoms with Gasteiger partial charge in [0, 0.05) is 30.6 Å². The van der Waals surface area contributed by atoms with Crippen LogP contribution in [0, 0.1) is 0 Å². The van der Waals surface area contributed by atoms with Gasteiger partial charge in [0.1, 0.15) is 5.00 Å². The van der Waals surface area contributed by atoms with Crippen molar-refractivity contribution in [2.24, 2.45) is 7.05 Å². The summed E-state index contributed by atoms with van der Waals surface area (Å²) < 4.78 is 6.86. The van der Waals surface area contributed by atoms with Crippen LogP contribution in [0.3, 0.4) is 0 Å². The molecule has 6 nitrogen and oxygen atoms in total. The van der Waals surface area contributed by atoms with Crippen LogP contribution >= 0.6 is 23.6 Å². The van der Waals surface area contributed by atoms with E-state index in [0.717, 1.165) is 11.3 Å². The number of esters is 1. The van der Waals surface area contributed by atoms with Crippen molar-refractivity contribution < 1.29 is 9.53 Å². The molecule has 0 unspecified atom stereocenters. The molecule has 2 aromatic heterocycles.